The van der Waals surface area contributed by atoms with Crippen molar-refractivity contribution in [3.8, 4) is 0 Å². The van der Waals surface area contributed by atoms with Gasteiger partial charge >= 0.3 is 0 Å². The Balaban J connectivity index is 2.54. The van der Waals surface area contributed by atoms with Crippen molar-refractivity contribution in [3.05, 3.63) is 0 Å². The molecule has 0 aromatic rings. The molecule has 0 amide bonds. The van der Waals surface area contributed by atoms with Gasteiger partial charge in [0.05, 0.1) is 0 Å². The number of hydrogen-bond donors (Lipinski definition) is 0. The molecule has 0 saturated heterocycles. The van der Waals surface area contributed by atoms with Gasteiger partial charge in [0.25, 0.3) is 0 Å². The van der Waals surface area contributed by atoms with Crippen molar-refractivity contribution in [1.29, 1.82) is 0 Å². The van der Waals surface area contributed by atoms with E-state index in [1.165, 1.54) is 5.67 Å². The van der Waals surface area contributed by atoms with Gasteiger partial charge in [-0.15, -0.1) is 0 Å². The predicted octanol–water partition coefficient (Wildman–Crippen LogP) is 0.0637. The third kappa shape index (κ3) is 4.43. The molecular formula is C3H11Si2. The van der Waals surface area contributed by atoms with Crippen molar-refractivity contribution in [2.75, 3.05) is 0 Å². The van der Waals surface area contributed by atoms with Gasteiger partial charge in [0.15, 0.2) is 0 Å². The maximum absolute atomic E-state index is 2.37. The number of rotatable bonds is 1. The average molecular weight is 103 g/mol. The van der Waals surface area contributed by atoms with Crippen LogP contribution in [0.3, 0.4) is 0 Å². The zero-order valence-electron chi connectivity index (χ0n) is 3.99. The van der Waals surface area contributed by atoms with Crippen LogP contribution in [-0.4, -0.2) is 19.0 Å². The number of hydrogen-bond acceptors (Lipinski definition) is 0. The van der Waals surface area contributed by atoms with Crippen molar-refractivity contribution in [2.45, 2.75) is 18.8 Å². The topological polar surface area (TPSA) is 0 Å². The molecule has 0 nitrogen and oxygen atoms in total. The maximum Gasteiger partial charge on any atom is 0.0271 e. The summed E-state index contributed by atoms with van der Waals surface area (Å²) in [6.07, 6.45) is 0. The lowest BCUT2D eigenvalue weighted by molar-refractivity contribution is 1.83. The van der Waals surface area contributed by atoms with E-state index in [4.69, 9.17) is 0 Å². The first-order chi connectivity index (χ1) is 2.27. The van der Waals surface area contributed by atoms with Gasteiger partial charge < -0.3 is 0 Å². The highest BCUT2D eigenvalue weighted by molar-refractivity contribution is 6.62. The summed E-state index contributed by atoms with van der Waals surface area (Å²) in [5.74, 6) is 0. The standard InChI is InChI=1S/C3H11Si2/c1-5(2)3-4/h5H,3-4H2,1-2H3. The Hall–Kier alpha value is 0.434. The van der Waals surface area contributed by atoms with Crippen LogP contribution < -0.4 is 0 Å². The molecule has 0 atom stereocenters. The molecule has 0 spiro atoms. The molecule has 0 rings (SSSR count). The molecule has 0 saturated carbocycles. The second kappa shape index (κ2) is 2.66. The van der Waals surface area contributed by atoms with E-state index < -0.39 is 0 Å². The lowest BCUT2D eigenvalue weighted by Gasteiger charge is -1.87. The summed E-state index contributed by atoms with van der Waals surface area (Å²) in [4.78, 5) is 0. The Labute approximate surface area is 38.6 Å². The average Bonchev–Trinajstić information content (AvgIpc) is 1.38. The van der Waals surface area contributed by atoms with Gasteiger partial charge in [-0.2, -0.15) is 0 Å². The summed E-state index contributed by atoms with van der Waals surface area (Å²) in [6, 6.07) is 0. The van der Waals surface area contributed by atoms with Gasteiger partial charge in [0.1, 0.15) is 0 Å². The van der Waals surface area contributed by atoms with E-state index in [2.05, 4.69) is 23.3 Å². The molecule has 0 bridgehead atoms. The molecule has 0 aromatic carbocycles. The first-order valence-corrected chi connectivity index (χ1v) is 6.19. The molecule has 0 aliphatic carbocycles. The second-order valence-corrected chi connectivity index (χ2v) is 6.78. The molecule has 0 unspecified atom stereocenters. The van der Waals surface area contributed by atoms with E-state index in [0.717, 1.165) is 0 Å². The van der Waals surface area contributed by atoms with Crippen molar-refractivity contribution in [3.63, 3.8) is 0 Å². The predicted molar refractivity (Wildman–Crippen MR) is 32.2 cm³/mol. The van der Waals surface area contributed by atoms with Gasteiger partial charge in [0.2, 0.25) is 0 Å². The molecule has 0 aliphatic rings. The maximum atomic E-state index is 2.37. The summed E-state index contributed by atoms with van der Waals surface area (Å²) < 4.78 is 0. The molecule has 0 fully saturated rings. The van der Waals surface area contributed by atoms with Crippen LogP contribution in [0.4, 0.5) is 0 Å². The highest BCUT2D eigenvalue weighted by Crippen LogP contribution is 1.79. The van der Waals surface area contributed by atoms with Crippen LogP contribution in [0.15, 0.2) is 0 Å². The molecule has 5 heavy (non-hydrogen) atoms. The van der Waals surface area contributed by atoms with Gasteiger partial charge in [-0.3, -0.25) is 0 Å². The third-order valence-electron chi connectivity index (χ3n) is 0.577. The fraction of sp³-hybridized carbons (Fsp3) is 1.00. The fourth-order valence-electron chi connectivity index (χ4n) is 0. The Morgan fingerprint density at radius 1 is 1.60 bits per heavy atom. The highest BCUT2D eigenvalue weighted by Gasteiger charge is 1.83. The largest absolute Gasteiger partial charge is 0.0724 e. The molecule has 1 radical (unpaired) electrons. The van der Waals surface area contributed by atoms with Gasteiger partial charge in [0, 0.05) is 19.0 Å². The summed E-state index contributed by atoms with van der Waals surface area (Å²) >= 11 is 0. The Kier molecular flexibility index (Phi) is 2.89. The van der Waals surface area contributed by atoms with Gasteiger partial charge in [-0.25, -0.2) is 0 Å². The quantitative estimate of drug-likeness (QED) is 0.412. The molecular weight excluding hydrogens is 92.2 g/mol. The highest BCUT2D eigenvalue weighted by atomic mass is 28.3. The Morgan fingerprint density at radius 3 is 1.80 bits per heavy atom. The van der Waals surface area contributed by atoms with Crippen LogP contribution in [0.1, 0.15) is 0 Å². The fourth-order valence-corrected chi connectivity index (χ4v) is 0. The lowest BCUT2D eigenvalue weighted by atomic mass is 11.8. The second-order valence-electron chi connectivity index (χ2n) is 1.68. The molecule has 0 aliphatic heterocycles. The Bertz CT molecular complexity index is 18.9. The first kappa shape index (κ1) is 5.43. The van der Waals surface area contributed by atoms with E-state index >= 15 is 0 Å². The summed E-state index contributed by atoms with van der Waals surface area (Å²) in [5, 5.41) is 0. The lowest BCUT2D eigenvalue weighted by Crippen LogP contribution is -1.95. The summed E-state index contributed by atoms with van der Waals surface area (Å²) in [7, 11) is 1.96. The minimum absolute atomic E-state index is 0.137. The van der Waals surface area contributed by atoms with Crippen LogP contribution in [0.2, 0.25) is 18.8 Å². The van der Waals surface area contributed by atoms with Crippen molar-refractivity contribution in [1.82, 2.24) is 0 Å². The van der Waals surface area contributed by atoms with E-state index in [0.29, 0.717) is 0 Å². The van der Waals surface area contributed by atoms with E-state index in [-0.39, 0.29) is 8.80 Å². The smallest absolute Gasteiger partial charge is 0.0271 e. The first-order valence-electron chi connectivity index (χ1n) is 2.06. The third-order valence-corrected chi connectivity index (χ3v) is 5.20. The summed E-state index contributed by atoms with van der Waals surface area (Å²) in [5.41, 5.74) is 1.47. The molecule has 31 valence electrons. The molecule has 0 heterocycles. The van der Waals surface area contributed by atoms with Crippen LogP contribution >= 0.6 is 0 Å². The van der Waals surface area contributed by atoms with Crippen LogP contribution in [0, 0.1) is 0 Å². The Morgan fingerprint density at radius 2 is 1.80 bits per heavy atom. The molecule has 0 aromatic heterocycles. The minimum atomic E-state index is -0.137. The van der Waals surface area contributed by atoms with E-state index in [9.17, 15) is 0 Å². The summed E-state index contributed by atoms with van der Waals surface area (Å²) in [6.45, 7) is 4.74. The normalized spacial score (nSPS) is 9.60. The van der Waals surface area contributed by atoms with Crippen LogP contribution in [0.25, 0.3) is 0 Å². The zero-order chi connectivity index (χ0) is 4.28. The van der Waals surface area contributed by atoms with Crippen molar-refractivity contribution in [2.24, 2.45) is 0 Å². The van der Waals surface area contributed by atoms with Crippen molar-refractivity contribution < 1.29 is 0 Å². The minimum Gasteiger partial charge on any atom is -0.0724 e. The zero-order valence-corrected chi connectivity index (χ0v) is 6.56. The monoisotopic (exact) mass is 103 g/mol. The van der Waals surface area contributed by atoms with Crippen molar-refractivity contribution >= 4 is 19.0 Å². The van der Waals surface area contributed by atoms with Gasteiger partial charge in [-0.1, -0.05) is 18.8 Å². The SMILES string of the molecule is C[SiH](C)C[SiH2]. The molecule has 0 N–H and O–H groups in total. The van der Waals surface area contributed by atoms with Crippen LogP contribution in [-0.2, 0) is 0 Å². The van der Waals surface area contributed by atoms with E-state index in [1.807, 2.05) is 0 Å². The van der Waals surface area contributed by atoms with E-state index in [1.54, 1.807) is 0 Å². The van der Waals surface area contributed by atoms with Crippen LogP contribution in [0.5, 0.6) is 0 Å². The molecule has 2 heteroatoms. The van der Waals surface area contributed by atoms with Gasteiger partial charge in [-0.05, 0) is 0 Å².